The molecule has 1 aliphatic heterocycles. The molecule has 194 valence electrons. The molecule has 0 spiro atoms. The number of carboxylic acids is 1. The number of nitrogens with zero attached hydrogens (tertiary/aromatic N) is 3. The van der Waals surface area contributed by atoms with Crippen LogP contribution >= 0.6 is 0 Å². The second kappa shape index (κ2) is 13.8. The number of carbonyl (C=O) groups is 2. The Morgan fingerprint density at radius 2 is 1.66 bits per heavy atom. The molecule has 0 unspecified atom stereocenters. The maximum absolute atomic E-state index is 11.4. The lowest BCUT2D eigenvalue weighted by molar-refractivity contribution is -0.129. The van der Waals surface area contributed by atoms with Crippen LogP contribution < -0.4 is 4.90 Å². The second-order valence-electron chi connectivity index (χ2n) is 10.6. The molecule has 1 N–H and O–H groups in total. The number of likely N-dealkylation sites (tertiary alicyclic amines) is 1. The zero-order chi connectivity index (χ0) is 25.2. The summed E-state index contributed by atoms with van der Waals surface area (Å²) < 4.78 is 0. The van der Waals surface area contributed by atoms with Crippen molar-refractivity contribution in [1.29, 1.82) is 0 Å². The minimum Gasteiger partial charge on any atom is -0.476 e. The highest BCUT2D eigenvalue weighted by Gasteiger charge is 2.38. The first kappa shape index (κ1) is 27.4. The molecule has 0 aromatic heterocycles. The van der Waals surface area contributed by atoms with E-state index >= 15 is 0 Å². The number of piperidine rings is 1. The number of rotatable bonds is 7. The molecular formula is C29H45N3O3. The first-order valence-electron chi connectivity index (χ1n) is 13.8. The molecule has 35 heavy (non-hydrogen) atoms. The van der Waals surface area contributed by atoms with Gasteiger partial charge in [-0.25, -0.2) is 9.79 Å². The summed E-state index contributed by atoms with van der Waals surface area (Å²) in [6.07, 6.45) is 17.3. The smallest absolute Gasteiger partial charge is 0.357 e. The van der Waals surface area contributed by atoms with Gasteiger partial charge in [-0.2, -0.15) is 0 Å². The second-order valence-corrected chi connectivity index (χ2v) is 10.6. The monoisotopic (exact) mass is 483 g/mol. The third-order valence-electron chi connectivity index (χ3n) is 8.19. The fourth-order valence-corrected chi connectivity index (χ4v) is 6.33. The Balaban J connectivity index is 1.78. The summed E-state index contributed by atoms with van der Waals surface area (Å²) in [5, 5.41) is 9.27. The number of aldehydes is 1. The van der Waals surface area contributed by atoms with Crippen LogP contribution in [0.15, 0.2) is 29.3 Å². The van der Waals surface area contributed by atoms with E-state index in [2.05, 4.69) is 35.7 Å². The van der Waals surface area contributed by atoms with E-state index in [4.69, 9.17) is 0 Å². The Hall–Kier alpha value is -2.21. The summed E-state index contributed by atoms with van der Waals surface area (Å²) in [6, 6.07) is 9.62. The van der Waals surface area contributed by atoms with Crippen LogP contribution in [0, 0.1) is 0 Å². The van der Waals surface area contributed by atoms with Crippen molar-refractivity contribution in [3.05, 3.63) is 24.3 Å². The Labute approximate surface area is 211 Å². The van der Waals surface area contributed by atoms with Gasteiger partial charge in [0.15, 0.2) is 12.0 Å². The van der Waals surface area contributed by atoms with Gasteiger partial charge in [0.05, 0.1) is 11.4 Å². The van der Waals surface area contributed by atoms with Crippen LogP contribution in [0.5, 0.6) is 0 Å². The topological polar surface area (TPSA) is 73.2 Å². The molecule has 0 bridgehead atoms. The van der Waals surface area contributed by atoms with Crippen molar-refractivity contribution in [3.63, 3.8) is 0 Å². The molecular weight excluding hydrogens is 438 g/mol. The van der Waals surface area contributed by atoms with Gasteiger partial charge in [-0.05, 0) is 51.2 Å². The van der Waals surface area contributed by atoms with Crippen LogP contribution in [0.2, 0.25) is 0 Å². The van der Waals surface area contributed by atoms with E-state index in [9.17, 15) is 14.7 Å². The minimum atomic E-state index is -1.30. The summed E-state index contributed by atoms with van der Waals surface area (Å²) in [7, 11) is 2.09. The summed E-state index contributed by atoms with van der Waals surface area (Å²) in [4.78, 5) is 31.9. The van der Waals surface area contributed by atoms with Crippen molar-refractivity contribution in [1.82, 2.24) is 4.90 Å². The molecule has 6 nitrogen and oxygen atoms in total. The van der Waals surface area contributed by atoms with Crippen LogP contribution in [-0.4, -0.2) is 59.2 Å². The van der Waals surface area contributed by atoms with Crippen molar-refractivity contribution < 1.29 is 14.7 Å². The van der Waals surface area contributed by atoms with Crippen LogP contribution in [0.4, 0.5) is 11.4 Å². The molecule has 2 fully saturated rings. The molecule has 1 saturated carbocycles. The molecule has 1 saturated heterocycles. The Bertz CT molecular complexity index is 843. The molecule has 3 atom stereocenters. The van der Waals surface area contributed by atoms with E-state index in [1.807, 2.05) is 18.2 Å². The van der Waals surface area contributed by atoms with E-state index in [0.717, 1.165) is 24.9 Å². The van der Waals surface area contributed by atoms with E-state index in [0.29, 0.717) is 36.1 Å². The van der Waals surface area contributed by atoms with Crippen molar-refractivity contribution >= 4 is 29.3 Å². The number of para-hydroxylation sites is 2. The zero-order valence-electron chi connectivity index (χ0n) is 22.0. The number of anilines is 1. The summed E-state index contributed by atoms with van der Waals surface area (Å²) in [6.45, 7) is 4.71. The molecule has 1 aromatic carbocycles. The molecule has 1 heterocycles. The van der Waals surface area contributed by atoms with E-state index in [-0.39, 0.29) is 0 Å². The summed E-state index contributed by atoms with van der Waals surface area (Å²) in [5.74, 6) is -1.30. The van der Waals surface area contributed by atoms with Gasteiger partial charge in [0.1, 0.15) is 0 Å². The predicted molar refractivity (Wildman–Crippen MR) is 144 cm³/mol. The molecule has 1 aliphatic carbocycles. The maximum atomic E-state index is 11.4. The van der Waals surface area contributed by atoms with E-state index in [1.165, 1.54) is 64.2 Å². The number of aliphatic carboxylic acids is 1. The Morgan fingerprint density at radius 1 is 1.06 bits per heavy atom. The van der Waals surface area contributed by atoms with Crippen molar-refractivity contribution in [3.8, 4) is 0 Å². The van der Waals surface area contributed by atoms with Gasteiger partial charge in [0.25, 0.3) is 0 Å². The number of benzene rings is 1. The fourth-order valence-electron chi connectivity index (χ4n) is 6.33. The van der Waals surface area contributed by atoms with Gasteiger partial charge in [0.2, 0.25) is 0 Å². The largest absolute Gasteiger partial charge is 0.476 e. The lowest BCUT2D eigenvalue weighted by Gasteiger charge is -2.50. The standard InChI is InChI=1S/C29H45N3O3/c1-4-23-20-25(31(3)28-18-14-13-17-26(28)30-27(21-33)29(34)35)19-22(2)32(23)24-15-11-9-7-5-6-8-10-12-16-24/h13-14,17-18,21-25H,4-12,15-16,19-20H2,1-3H3,(H,34,35)/t22-,23+,25+/m0/s1. The Morgan fingerprint density at radius 3 is 2.23 bits per heavy atom. The molecule has 1 aromatic rings. The normalized spacial score (nSPS) is 26.0. The number of hydrogen-bond donors (Lipinski definition) is 1. The lowest BCUT2D eigenvalue weighted by atomic mass is 9.86. The van der Waals surface area contributed by atoms with Crippen molar-refractivity contribution in [2.75, 3.05) is 11.9 Å². The third-order valence-corrected chi connectivity index (χ3v) is 8.19. The Kier molecular flexibility index (Phi) is 10.8. The highest BCUT2D eigenvalue weighted by molar-refractivity contribution is 6.58. The average Bonchev–Trinajstić information content (AvgIpc) is 2.92. The maximum Gasteiger partial charge on any atom is 0.357 e. The summed E-state index contributed by atoms with van der Waals surface area (Å²) >= 11 is 0. The highest BCUT2D eigenvalue weighted by atomic mass is 16.4. The van der Waals surface area contributed by atoms with Crippen molar-refractivity contribution in [2.24, 2.45) is 4.99 Å². The number of carbonyl (C=O) groups excluding carboxylic acids is 1. The first-order valence-corrected chi connectivity index (χ1v) is 13.8. The zero-order valence-corrected chi connectivity index (χ0v) is 22.0. The summed E-state index contributed by atoms with van der Waals surface area (Å²) in [5.41, 5.74) is 0.946. The third kappa shape index (κ3) is 7.39. The van der Waals surface area contributed by atoms with Gasteiger partial charge in [-0.3, -0.25) is 9.69 Å². The quantitative estimate of drug-likeness (QED) is 0.276. The van der Waals surface area contributed by atoms with Gasteiger partial charge < -0.3 is 10.0 Å². The highest BCUT2D eigenvalue weighted by Crippen LogP contribution is 2.37. The number of hydrogen-bond acceptors (Lipinski definition) is 5. The van der Waals surface area contributed by atoms with Crippen molar-refractivity contribution in [2.45, 2.75) is 121 Å². The first-order chi connectivity index (χ1) is 17.0. The SMILES string of the molecule is CC[C@@H]1C[C@H](N(C)c2ccccc2N=C(C=O)C(=O)O)C[C@H](C)N1C1CCCCCCCCCC1. The lowest BCUT2D eigenvalue weighted by Crippen LogP contribution is -2.56. The number of carboxylic acid groups (broad SMARTS) is 1. The van der Waals surface area contributed by atoms with Gasteiger partial charge in [-0.15, -0.1) is 0 Å². The predicted octanol–water partition coefficient (Wildman–Crippen LogP) is 6.39. The molecule has 0 radical (unpaired) electrons. The molecule has 6 heteroatoms. The fraction of sp³-hybridized carbons (Fsp3) is 0.690. The average molecular weight is 484 g/mol. The minimum absolute atomic E-state index is 0.313. The van der Waals surface area contributed by atoms with Crippen LogP contribution in [-0.2, 0) is 9.59 Å². The van der Waals surface area contributed by atoms with Crippen LogP contribution in [0.1, 0.15) is 97.3 Å². The van der Waals surface area contributed by atoms with Gasteiger partial charge >= 0.3 is 5.97 Å². The molecule has 0 amide bonds. The molecule has 3 rings (SSSR count). The van der Waals surface area contributed by atoms with Crippen LogP contribution in [0.25, 0.3) is 0 Å². The van der Waals surface area contributed by atoms with E-state index < -0.39 is 11.7 Å². The van der Waals surface area contributed by atoms with E-state index in [1.54, 1.807) is 6.07 Å². The van der Waals surface area contributed by atoms with Crippen LogP contribution in [0.3, 0.4) is 0 Å². The van der Waals surface area contributed by atoms with Gasteiger partial charge in [0, 0.05) is 31.2 Å². The van der Waals surface area contributed by atoms with Gasteiger partial charge in [-0.1, -0.05) is 70.4 Å². The molecule has 2 aliphatic rings. The number of aliphatic imine (C=N–C) groups is 1.